The Morgan fingerprint density at radius 2 is 2.47 bits per heavy atom. The van der Waals surface area contributed by atoms with Gasteiger partial charge in [0.15, 0.2) is 0 Å². The highest BCUT2D eigenvalue weighted by Crippen LogP contribution is 2.13. The van der Waals surface area contributed by atoms with Crippen molar-refractivity contribution in [1.29, 1.82) is 0 Å². The van der Waals surface area contributed by atoms with Gasteiger partial charge < -0.3 is 10.1 Å². The van der Waals surface area contributed by atoms with Gasteiger partial charge in [-0.1, -0.05) is 0 Å². The van der Waals surface area contributed by atoms with Crippen LogP contribution in [0.4, 0.5) is 4.39 Å². The zero-order valence-corrected chi connectivity index (χ0v) is 8.58. The maximum atomic E-state index is 12.5. The third-order valence-electron chi connectivity index (χ3n) is 2.64. The second-order valence-electron chi connectivity index (χ2n) is 3.81. The minimum Gasteiger partial charge on any atom is -0.478 e. The molecule has 1 saturated heterocycles. The van der Waals surface area contributed by atoms with Crippen LogP contribution >= 0.6 is 0 Å². The third kappa shape index (κ3) is 3.16. The van der Waals surface area contributed by atoms with Crippen LogP contribution in [0.3, 0.4) is 0 Å². The maximum absolute atomic E-state index is 12.5. The SMILES string of the molecule is Fc1ccc(OCCC2CCNC2)nc1. The fourth-order valence-corrected chi connectivity index (χ4v) is 1.74. The molecule has 1 aromatic heterocycles. The second kappa shape index (κ2) is 5.07. The number of ether oxygens (including phenoxy) is 1. The predicted octanol–water partition coefficient (Wildman–Crippen LogP) is 1.60. The fourth-order valence-electron chi connectivity index (χ4n) is 1.74. The first-order valence-electron chi connectivity index (χ1n) is 5.29. The van der Waals surface area contributed by atoms with E-state index in [0.717, 1.165) is 19.5 Å². The number of aromatic nitrogens is 1. The largest absolute Gasteiger partial charge is 0.478 e. The van der Waals surface area contributed by atoms with Gasteiger partial charge >= 0.3 is 0 Å². The number of nitrogens with zero attached hydrogens (tertiary/aromatic N) is 1. The number of hydrogen-bond acceptors (Lipinski definition) is 3. The van der Waals surface area contributed by atoms with Gasteiger partial charge in [-0.3, -0.25) is 0 Å². The van der Waals surface area contributed by atoms with Crippen LogP contribution in [0.2, 0.25) is 0 Å². The second-order valence-corrected chi connectivity index (χ2v) is 3.81. The van der Waals surface area contributed by atoms with Gasteiger partial charge in [-0.25, -0.2) is 9.37 Å². The summed E-state index contributed by atoms with van der Waals surface area (Å²) in [6.45, 7) is 2.85. The van der Waals surface area contributed by atoms with Crippen molar-refractivity contribution < 1.29 is 9.13 Å². The fraction of sp³-hybridized carbons (Fsp3) is 0.545. The Kier molecular flexibility index (Phi) is 3.50. The summed E-state index contributed by atoms with van der Waals surface area (Å²) in [7, 11) is 0. The van der Waals surface area contributed by atoms with E-state index in [9.17, 15) is 4.39 Å². The van der Waals surface area contributed by atoms with Crippen molar-refractivity contribution in [3.8, 4) is 5.88 Å². The smallest absolute Gasteiger partial charge is 0.213 e. The zero-order chi connectivity index (χ0) is 10.5. The van der Waals surface area contributed by atoms with E-state index < -0.39 is 0 Å². The van der Waals surface area contributed by atoms with Gasteiger partial charge in [0, 0.05) is 6.07 Å². The molecule has 15 heavy (non-hydrogen) atoms. The highest BCUT2D eigenvalue weighted by Gasteiger charge is 2.13. The topological polar surface area (TPSA) is 34.1 Å². The van der Waals surface area contributed by atoms with Crippen LogP contribution in [0, 0.1) is 11.7 Å². The van der Waals surface area contributed by atoms with E-state index in [1.807, 2.05) is 0 Å². The first-order chi connectivity index (χ1) is 7.34. The molecular weight excluding hydrogens is 195 g/mol. The lowest BCUT2D eigenvalue weighted by atomic mass is 10.1. The molecule has 1 aliphatic heterocycles. The van der Waals surface area contributed by atoms with Crippen LogP contribution in [0.5, 0.6) is 5.88 Å². The van der Waals surface area contributed by atoms with E-state index in [0.29, 0.717) is 18.4 Å². The van der Waals surface area contributed by atoms with Crippen molar-refractivity contribution in [3.63, 3.8) is 0 Å². The molecular formula is C11H15FN2O. The van der Waals surface area contributed by atoms with E-state index in [-0.39, 0.29) is 5.82 Å². The molecule has 1 N–H and O–H groups in total. The standard InChI is InChI=1S/C11H15FN2O/c12-10-1-2-11(14-8-10)15-6-4-9-3-5-13-7-9/h1-2,8-9,13H,3-7H2. The van der Waals surface area contributed by atoms with Gasteiger partial charge in [0.1, 0.15) is 5.82 Å². The summed E-state index contributed by atoms with van der Waals surface area (Å²) in [6, 6.07) is 2.92. The Balaban J connectivity index is 1.71. The average molecular weight is 210 g/mol. The first-order valence-corrected chi connectivity index (χ1v) is 5.29. The molecule has 0 saturated carbocycles. The summed E-state index contributed by atoms with van der Waals surface area (Å²) >= 11 is 0. The van der Waals surface area contributed by atoms with Crippen molar-refractivity contribution in [1.82, 2.24) is 10.3 Å². The van der Waals surface area contributed by atoms with Gasteiger partial charge in [-0.05, 0) is 37.9 Å². The van der Waals surface area contributed by atoms with Crippen molar-refractivity contribution in [2.24, 2.45) is 5.92 Å². The molecule has 1 aromatic rings. The summed E-state index contributed by atoms with van der Waals surface area (Å²) in [5.74, 6) is 0.884. The molecule has 1 fully saturated rings. The van der Waals surface area contributed by atoms with Crippen molar-refractivity contribution in [2.45, 2.75) is 12.8 Å². The van der Waals surface area contributed by atoms with E-state index in [1.165, 1.54) is 18.7 Å². The molecule has 0 bridgehead atoms. The molecule has 1 aliphatic rings. The van der Waals surface area contributed by atoms with Gasteiger partial charge in [-0.15, -0.1) is 0 Å². The van der Waals surface area contributed by atoms with Crippen LogP contribution in [0.15, 0.2) is 18.3 Å². The minimum atomic E-state index is -0.331. The lowest BCUT2D eigenvalue weighted by Gasteiger charge is -2.08. The van der Waals surface area contributed by atoms with Crippen LogP contribution < -0.4 is 10.1 Å². The van der Waals surface area contributed by atoms with Gasteiger partial charge in [0.05, 0.1) is 12.8 Å². The maximum Gasteiger partial charge on any atom is 0.213 e. The highest BCUT2D eigenvalue weighted by atomic mass is 19.1. The van der Waals surface area contributed by atoms with Crippen LogP contribution in [-0.2, 0) is 0 Å². The molecule has 0 aromatic carbocycles. The van der Waals surface area contributed by atoms with E-state index in [2.05, 4.69) is 10.3 Å². The van der Waals surface area contributed by atoms with Crippen molar-refractivity contribution in [3.05, 3.63) is 24.1 Å². The lowest BCUT2D eigenvalue weighted by Crippen LogP contribution is -2.11. The van der Waals surface area contributed by atoms with E-state index in [1.54, 1.807) is 6.07 Å². The Morgan fingerprint density at radius 3 is 3.13 bits per heavy atom. The zero-order valence-electron chi connectivity index (χ0n) is 8.58. The van der Waals surface area contributed by atoms with Gasteiger partial charge in [0.2, 0.25) is 5.88 Å². The summed E-state index contributed by atoms with van der Waals surface area (Å²) in [5.41, 5.74) is 0. The molecule has 0 spiro atoms. The lowest BCUT2D eigenvalue weighted by molar-refractivity contribution is 0.273. The van der Waals surface area contributed by atoms with Crippen molar-refractivity contribution in [2.75, 3.05) is 19.7 Å². The Labute approximate surface area is 88.7 Å². The van der Waals surface area contributed by atoms with E-state index in [4.69, 9.17) is 4.74 Å². The monoisotopic (exact) mass is 210 g/mol. The summed E-state index contributed by atoms with van der Waals surface area (Å²) in [5, 5.41) is 3.31. The molecule has 4 heteroatoms. The number of rotatable bonds is 4. The summed E-state index contributed by atoms with van der Waals surface area (Å²) < 4.78 is 17.9. The highest BCUT2D eigenvalue weighted by molar-refractivity contribution is 5.10. The predicted molar refractivity (Wildman–Crippen MR) is 55.3 cm³/mol. The van der Waals surface area contributed by atoms with Crippen LogP contribution in [0.1, 0.15) is 12.8 Å². The molecule has 3 nitrogen and oxygen atoms in total. The molecule has 0 aliphatic carbocycles. The Hall–Kier alpha value is -1.16. The Morgan fingerprint density at radius 1 is 1.53 bits per heavy atom. The number of nitrogens with one attached hydrogen (secondary N) is 1. The van der Waals surface area contributed by atoms with Crippen molar-refractivity contribution >= 4 is 0 Å². The molecule has 82 valence electrons. The average Bonchev–Trinajstić information content (AvgIpc) is 2.74. The first kappa shape index (κ1) is 10.4. The molecule has 2 rings (SSSR count). The van der Waals surface area contributed by atoms with Gasteiger partial charge in [0.25, 0.3) is 0 Å². The molecule has 2 heterocycles. The number of halogens is 1. The number of hydrogen-bond donors (Lipinski definition) is 1. The van der Waals surface area contributed by atoms with Crippen LogP contribution in [0.25, 0.3) is 0 Å². The molecule has 1 unspecified atom stereocenters. The third-order valence-corrected chi connectivity index (χ3v) is 2.64. The minimum absolute atomic E-state index is 0.331. The quantitative estimate of drug-likeness (QED) is 0.819. The normalized spacial score (nSPS) is 20.5. The summed E-state index contributed by atoms with van der Waals surface area (Å²) in [4.78, 5) is 3.83. The van der Waals surface area contributed by atoms with E-state index >= 15 is 0 Å². The van der Waals surface area contributed by atoms with Gasteiger partial charge in [-0.2, -0.15) is 0 Å². The molecule has 0 radical (unpaired) electrons. The molecule has 0 amide bonds. The number of pyridine rings is 1. The molecule has 1 atom stereocenters. The Bertz CT molecular complexity index is 296. The van der Waals surface area contributed by atoms with Crippen LogP contribution in [-0.4, -0.2) is 24.7 Å². The summed E-state index contributed by atoms with van der Waals surface area (Å²) in [6.07, 6.45) is 3.43.